The summed E-state index contributed by atoms with van der Waals surface area (Å²) in [5, 5.41) is 25.1. The lowest BCUT2D eigenvalue weighted by atomic mass is 9.95. The predicted molar refractivity (Wildman–Crippen MR) is 114 cm³/mol. The summed E-state index contributed by atoms with van der Waals surface area (Å²) in [6.45, 7) is 7.23. The fourth-order valence-corrected chi connectivity index (χ4v) is 2.83. The van der Waals surface area contributed by atoms with E-state index < -0.39 is 0 Å². The van der Waals surface area contributed by atoms with E-state index in [0.29, 0.717) is 0 Å². The Hall–Kier alpha value is -1.67. The third kappa shape index (κ3) is 15.4. The first-order chi connectivity index (χ1) is 13.6. The van der Waals surface area contributed by atoms with Crippen LogP contribution in [0.3, 0.4) is 0 Å². The van der Waals surface area contributed by atoms with Crippen LogP contribution in [-0.4, -0.2) is 69.7 Å². The van der Waals surface area contributed by atoms with E-state index in [9.17, 15) is 0 Å². The van der Waals surface area contributed by atoms with Crippen molar-refractivity contribution in [2.45, 2.75) is 38.7 Å². The van der Waals surface area contributed by atoms with E-state index in [4.69, 9.17) is 19.7 Å². The second kappa shape index (κ2) is 18.7. The van der Waals surface area contributed by atoms with Crippen LogP contribution in [0, 0.1) is 12.8 Å². The van der Waals surface area contributed by atoms with Crippen LogP contribution in [0.4, 0.5) is 0 Å². The minimum absolute atomic E-state index is 0.0648. The van der Waals surface area contributed by atoms with Crippen LogP contribution in [0.1, 0.15) is 31.2 Å². The zero-order valence-corrected chi connectivity index (χ0v) is 17.6. The lowest BCUT2D eigenvalue weighted by molar-refractivity contribution is -0.122. The number of aliphatic hydroxyl groups is 1. The number of carboxylic acid groups (broad SMARTS) is 1. The Balaban J connectivity index is 0.000000373. The van der Waals surface area contributed by atoms with Gasteiger partial charge in [-0.05, 0) is 83.9 Å². The van der Waals surface area contributed by atoms with Gasteiger partial charge >= 0.3 is 0 Å². The third-order valence-corrected chi connectivity index (χ3v) is 4.55. The molecule has 0 bridgehead atoms. The second-order valence-electron chi connectivity index (χ2n) is 6.85. The minimum Gasteiger partial charge on any atom is -0.497 e. The lowest BCUT2D eigenvalue weighted by Crippen LogP contribution is -2.29. The number of aliphatic hydroxyl groups excluding tert-OH is 1. The Labute approximate surface area is 169 Å². The number of carbonyl (C=O) groups is 1. The largest absolute Gasteiger partial charge is 0.497 e. The molecule has 0 radical (unpaired) electrons. The number of hydrogen-bond donors (Lipinski definition) is 5. The van der Waals surface area contributed by atoms with E-state index in [1.54, 1.807) is 7.11 Å². The molecule has 2 saturated heterocycles. The Morgan fingerprint density at radius 1 is 1.14 bits per heavy atom. The van der Waals surface area contributed by atoms with Gasteiger partial charge in [0.05, 0.1) is 13.2 Å². The van der Waals surface area contributed by atoms with E-state index in [0.717, 1.165) is 31.2 Å². The summed E-state index contributed by atoms with van der Waals surface area (Å²) in [6.07, 6.45) is 4.98. The number of aryl methyl sites for hydroxylation is 1. The number of piperidine rings is 1. The smallest absolute Gasteiger partial charge is 0.290 e. The van der Waals surface area contributed by atoms with E-state index in [-0.39, 0.29) is 12.6 Å². The van der Waals surface area contributed by atoms with E-state index in [2.05, 4.69) is 22.9 Å². The first-order valence-electron chi connectivity index (χ1n) is 9.99. The molecule has 2 aliphatic rings. The second-order valence-corrected chi connectivity index (χ2v) is 6.85. The van der Waals surface area contributed by atoms with Crippen molar-refractivity contribution in [3.05, 3.63) is 29.8 Å². The van der Waals surface area contributed by atoms with Crippen molar-refractivity contribution in [2.75, 3.05) is 46.9 Å². The van der Waals surface area contributed by atoms with Gasteiger partial charge in [-0.2, -0.15) is 0 Å². The molecule has 0 aromatic heterocycles. The Bertz CT molecular complexity index is 459. The summed E-state index contributed by atoms with van der Waals surface area (Å²) in [5.41, 5.74) is 1.26. The molecule has 2 aliphatic heterocycles. The van der Waals surface area contributed by atoms with Gasteiger partial charge in [0.25, 0.3) is 6.47 Å². The monoisotopic (exact) mass is 397 g/mol. The highest BCUT2D eigenvalue weighted by Crippen LogP contribution is 2.14. The van der Waals surface area contributed by atoms with Crippen molar-refractivity contribution in [3.8, 4) is 5.75 Å². The number of methoxy groups -OCH3 is 1. The molecule has 1 aromatic rings. The van der Waals surface area contributed by atoms with Gasteiger partial charge in [-0.1, -0.05) is 17.7 Å². The zero-order valence-electron chi connectivity index (χ0n) is 17.6. The Morgan fingerprint density at radius 2 is 1.71 bits per heavy atom. The summed E-state index contributed by atoms with van der Waals surface area (Å²) in [7, 11) is 3.70. The van der Waals surface area contributed by atoms with Crippen LogP contribution in [0.15, 0.2) is 24.3 Å². The van der Waals surface area contributed by atoms with Gasteiger partial charge in [0.15, 0.2) is 0 Å². The van der Waals surface area contributed by atoms with Crippen molar-refractivity contribution >= 4 is 6.47 Å². The summed E-state index contributed by atoms with van der Waals surface area (Å²) in [5.74, 6) is 1.90. The summed E-state index contributed by atoms with van der Waals surface area (Å²) in [4.78, 5) is 8.36. The third-order valence-electron chi connectivity index (χ3n) is 4.55. The SMILES string of the molecule is CNCCC1CCNCC1.COc1ccc(C)cc1.O=CO.OC1CCNC1. The van der Waals surface area contributed by atoms with Gasteiger partial charge < -0.3 is 30.9 Å². The number of hydrogen-bond acceptors (Lipinski definition) is 6. The molecule has 0 saturated carbocycles. The lowest BCUT2D eigenvalue weighted by Gasteiger charge is -2.22. The Morgan fingerprint density at radius 3 is 2.11 bits per heavy atom. The van der Waals surface area contributed by atoms with Crippen molar-refractivity contribution in [1.29, 1.82) is 0 Å². The van der Waals surface area contributed by atoms with Crippen molar-refractivity contribution in [3.63, 3.8) is 0 Å². The van der Waals surface area contributed by atoms with Crippen molar-refractivity contribution in [2.24, 2.45) is 5.92 Å². The van der Waals surface area contributed by atoms with Crippen LogP contribution in [0.2, 0.25) is 0 Å². The van der Waals surface area contributed by atoms with Gasteiger partial charge in [0.2, 0.25) is 0 Å². The molecule has 7 heteroatoms. The fourth-order valence-electron chi connectivity index (χ4n) is 2.83. The number of β-amino-alcohol motifs (C(OH)–C–C–N with tert-alkyl or cyclic N) is 1. The quantitative estimate of drug-likeness (QED) is 0.492. The van der Waals surface area contributed by atoms with Crippen LogP contribution in [0.25, 0.3) is 0 Å². The maximum absolute atomic E-state index is 8.67. The number of benzene rings is 1. The molecule has 0 amide bonds. The maximum Gasteiger partial charge on any atom is 0.290 e. The number of nitrogens with one attached hydrogen (secondary N) is 3. The molecule has 0 spiro atoms. The van der Waals surface area contributed by atoms with Gasteiger partial charge in [0, 0.05) is 6.54 Å². The molecular weight excluding hydrogens is 358 g/mol. The van der Waals surface area contributed by atoms with E-state index >= 15 is 0 Å². The van der Waals surface area contributed by atoms with Crippen LogP contribution < -0.4 is 20.7 Å². The average molecular weight is 398 g/mol. The molecule has 0 aliphatic carbocycles. The van der Waals surface area contributed by atoms with Crippen molar-refractivity contribution in [1.82, 2.24) is 16.0 Å². The summed E-state index contributed by atoms with van der Waals surface area (Å²) >= 11 is 0. The summed E-state index contributed by atoms with van der Waals surface area (Å²) < 4.78 is 4.97. The highest BCUT2D eigenvalue weighted by atomic mass is 16.5. The first-order valence-corrected chi connectivity index (χ1v) is 9.99. The average Bonchev–Trinajstić information content (AvgIpc) is 3.20. The molecule has 3 rings (SSSR count). The molecule has 1 unspecified atom stereocenters. The standard InChI is InChI=1S/C8H18N2.C8H10O.C4H9NO.CH2O2/c1-9-5-2-8-3-6-10-7-4-8;1-7-3-5-8(9-2)6-4-7;6-4-1-2-5-3-4;2-1-3/h8-10H,2-7H2,1H3;3-6H,1-2H3;4-6H,1-3H2;1H,(H,2,3). The van der Waals surface area contributed by atoms with Crippen LogP contribution >= 0.6 is 0 Å². The van der Waals surface area contributed by atoms with Crippen molar-refractivity contribution < 1.29 is 19.7 Å². The molecule has 7 nitrogen and oxygen atoms in total. The number of ether oxygens (including phenoxy) is 1. The number of rotatable bonds is 4. The molecule has 162 valence electrons. The first kappa shape index (κ1) is 26.3. The van der Waals surface area contributed by atoms with Gasteiger partial charge in [-0.25, -0.2) is 0 Å². The highest BCUT2D eigenvalue weighted by Gasteiger charge is 2.11. The molecule has 2 heterocycles. The fraction of sp³-hybridized carbons (Fsp3) is 0.667. The zero-order chi connectivity index (χ0) is 21.0. The summed E-state index contributed by atoms with van der Waals surface area (Å²) in [6, 6.07) is 7.96. The molecule has 1 atom stereocenters. The Kier molecular flexibility index (Phi) is 17.6. The minimum atomic E-state index is -0.250. The van der Waals surface area contributed by atoms with Gasteiger partial charge in [-0.3, -0.25) is 4.79 Å². The molecule has 1 aromatic carbocycles. The molecule has 5 N–H and O–H groups in total. The van der Waals surface area contributed by atoms with E-state index in [1.807, 2.05) is 31.3 Å². The maximum atomic E-state index is 8.67. The van der Waals surface area contributed by atoms with Crippen LogP contribution in [0.5, 0.6) is 5.75 Å². The molecule has 28 heavy (non-hydrogen) atoms. The highest BCUT2D eigenvalue weighted by molar-refractivity contribution is 5.32. The normalized spacial score (nSPS) is 18.4. The van der Waals surface area contributed by atoms with Gasteiger partial charge in [0.1, 0.15) is 5.75 Å². The van der Waals surface area contributed by atoms with Crippen LogP contribution in [-0.2, 0) is 4.79 Å². The topological polar surface area (TPSA) is 103 Å². The van der Waals surface area contributed by atoms with Gasteiger partial charge in [-0.15, -0.1) is 0 Å². The molecular formula is C21H39N3O4. The predicted octanol–water partition coefficient (Wildman–Crippen LogP) is 1.64. The molecule has 2 fully saturated rings. The van der Waals surface area contributed by atoms with E-state index in [1.165, 1.54) is 44.5 Å².